The minimum Gasteiger partial charge on any atom is -0.480 e. The predicted octanol–water partition coefficient (Wildman–Crippen LogP) is -0.347. The van der Waals surface area contributed by atoms with E-state index in [2.05, 4.69) is 10.5 Å². The van der Waals surface area contributed by atoms with Gasteiger partial charge in [0.15, 0.2) is 0 Å². The zero-order valence-electron chi connectivity index (χ0n) is 5.95. The van der Waals surface area contributed by atoms with E-state index in [1.807, 2.05) is 0 Å². The van der Waals surface area contributed by atoms with Crippen LogP contribution in [0.15, 0.2) is 5.16 Å². The van der Waals surface area contributed by atoms with Gasteiger partial charge in [0, 0.05) is 6.54 Å². The molecule has 0 amide bonds. The van der Waals surface area contributed by atoms with Crippen molar-refractivity contribution in [3.63, 3.8) is 0 Å². The van der Waals surface area contributed by atoms with E-state index >= 15 is 0 Å². The Hall–Kier alpha value is -1.10. The summed E-state index contributed by atoms with van der Waals surface area (Å²) in [7, 11) is 0. The second kappa shape index (κ2) is 3.34. The van der Waals surface area contributed by atoms with E-state index in [4.69, 9.17) is 10.3 Å². The smallest absolute Gasteiger partial charge is 0.320 e. The van der Waals surface area contributed by atoms with Crippen molar-refractivity contribution in [3.8, 4) is 0 Å². The third-order valence-electron chi connectivity index (χ3n) is 1.71. The first-order valence-electron chi connectivity index (χ1n) is 3.40. The molecule has 0 saturated carbocycles. The molecule has 3 N–H and O–H groups in total. The summed E-state index contributed by atoms with van der Waals surface area (Å²) in [4.78, 5) is 10.4. The van der Waals surface area contributed by atoms with Gasteiger partial charge >= 0.3 is 5.97 Å². The molecule has 1 fully saturated rings. The van der Waals surface area contributed by atoms with Gasteiger partial charge in [0.2, 0.25) is 0 Å². The minimum atomic E-state index is -0.845. The maximum atomic E-state index is 10.4. The van der Waals surface area contributed by atoms with Crippen LogP contribution < -0.4 is 5.32 Å². The van der Waals surface area contributed by atoms with E-state index in [0.29, 0.717) is 25.1 Å². The Balaban J connectivity index is 2.42. The molecule has 0 aromatic carbocycles. The molecule has 62 valence electrons. The number of hydrogen-bond donors (Lipinski definition) is 3. The Morgan fingerprint density at radius 3 is 2.82 bits per heavy atom. The summed E-state index contributed by atoms with van der Waals surface area (Å²) in [5.74, 6) is -0.845. The van der Waals surface area contributed by atoms with Crippen LogP contribution in [-0.2, 0) is 4.79 Å². The number of oxime groups is 1. The van der Waals surface area contributed by atoms with Gasteiger partial charge in [-0.2, -0.15) is 0 Å². The molecule has 1 atom stereocenters. The molecule has 11 heavy (non-hydrogen) atoms. The summed E-state index contributed by atoms with van der Waals surface area (Å²) in [5.41, 5.74) is 0.613. The highest BCUT2D eigenvalue weighted by atomic mass is 16.4. The second-order valence-corrected chi connectivity index (χ2v) is 2.48. The number of nitrogens with one attached hydrogen (secondary N) is 1. The first-order valence-corrected chi connectivity index (χ1v) is 3.40. The molecule has 0 radical (unpaired) electrons. The van der Waals surface area contributed by atoms with E-state index in [9.17, 15) is 4.79 Å². The molecular formula is C6H10N2O3. The summed E-state index contributed by atoms with van der Waals surface area (Å²) in [6.45, 7) is 0.369. The molecule has 0 spiro atoms. The van der Waals surface area contributed by atoms with Crippen LogP contribution in [0.3, 0.4) is 0 Å². The molecule has 5 heteroatoms. The molecule has 1 heterocycles. The van der Waals surface area contributed by atoms with Crippen molar-refractivity contribution in [2.75, 3.05) is 6.54 Å². The minimum absolute atomic E-state index is 0.369. The van der Waals surface area contributed by atoms with Crippen molar-refractivity contribution < 1.29 is 15.1 Å². The van der Waals surface area contributed by atoms with Crippen molar-refractivity contribution in [2.24, 2.45) is 5.16 Å². The summed E-state index contributed by atoms with van der Waals surface area (Å²) in [5, 5.41) is 22.6. The van der Waals surface area contributed by atoms with Crippen molar-refractivity contribution >= 4 is 11.7 Å². The van der Waals surface area contributed by atoms with Crippen molar-refractivity contribution in [2.45, 2.75) is 18.9 Å². The molecule has 1 rings (SSSR count). The van der Waals surface area contributed by atoms with Crippen LogP contribution in [-0.4, -0.2) is 34.6 Å². The van der Waals surface area contributed by atoms with Gasteiger partial charge in [0.05, 0.1) is 5.71 Å². The average molecular weight is 158 g/mol. The molecule has 1 saturated heterocycles. The van der Waals surface area contributed by atoms with Crippen LogP contribution in [0, 0.1) is 0 Å². The third kappa shape index (κ3) is 1.91. The highest BCUT2D eigenvalue weighted by Crippen LogP contribution is 2.04. The largest absolute Gasteiger partial charge is 0.480 e. The number of carboxylic acid groups (broad SMARTS) is 1. The first kappa shape index (κ1) is 8.00. The van der Waals surface area contributed by atoms with Crippen molar-refractivity contribution in [3.05, 3.63) is 0 Å². The van der Waals surface area contributed by atoms with E-state index < -0.39 is 12.0 Å². The maximum Gasteiger partial charge on any atom is 0.320 e. The number of piperidine rings is 1. The van der Waals surface area contributed by atoms with E-state index in [1.54, 1.807) is 0 Å². The fourth-order valence-corrected chi connectivity index (χ4v) is 1.04. The lowest BCUT2D eigenvalue weighted by atomic mass is 10.0. The van der Waals surface area contributed by atoms with Gasteiger partial charge in [-0.15, -0.1) is 0 Å². The average Bonchev–Trinajstić information content (AvgIpc) is 2.05. The fourth-order valence-electron chi connectivity index (χ4n) is 1.04. The van der Waals surface area contributed by atoms with Crippen LogP contribution in [0.5, 0.6) is 0 Å². The van der Waals surface area contributed by atoms with Crippen LogP contribution in [0.2, 0.25) is 0 Å². The quantitative estimate of drug-likeness (QED) is 0.360. The van der Waals surface area contributed by atoms with Gasteiger partial charge in [-0.25, -0.2) is 0 Å². The number of nitrogens with zero attached hydrogens (tertiary/aromatic N) is 1. The molecule has 0 aromatic heterocycles. The molecule has 0 aliphatic carbocycles. The topological polar surface area (TPSA) is 81.9 Å². The zero-order chi connectivity index (χ0) is 8.27. The monoisotopic (exact) mass is 158 g/mol. The highest BCUT2D eigenvalue weighted by Gasteiger charge is 2.22. The molecule has 1 aliphatic rings. The van der Waals surface area contributed by atoms with Crippen LogP contribution >= 0.6 is 0 Å². The standard InChI is InChI=1S/C6H10N2O3/c9-6(10)5-2-1-4(8-11)3-7-5/h5,7,11H,1-3H2,(H,9,10)/b8-4-/t5-/m0/s1. The normalized spacial score (nSPS) is 28.7. The van der Waals surface area contributed by atoms with Gasteiger partial charge in [0.25, 0.3) is 0 Å². The fraction of sp³-hybridized carbons (Fsp3) is 0.667. The summed E-state index contributed by atoms with van der Waals surface area (Å²) < 4.78 is 0. The molecule has 0 aromatic rings. The molecule has 5 nitrogen and oxygen atoms in total. The number of carboxylic acids is 1. The lowest BCUT2D eigenvalue weighted by molar-refractivity contribution is -0.139. The summed E-state index contributed by atoms with van der Waals surface area (Å²) in [6.07, 6.45) is 1.05. The second-order valence-electron chi connectivity index (χ2n) is 2.48. The Labute approximate surface area is 63.7 Å². The number of carbonyl (C=O) groups is 1. The number of hydrogen-bond acceptors (Lipinski definition) is 4. The molecule has 0 bridgehead atoms. The molecule has 0 unspecified atom stereocenters. The summed E-state index contributed by atoms with van der Waals surface area (Å²) >= 11 is 0. The molecular weight excluding hydrogens is 148 g/mol. The van der Waals surface area contributed by atoms with Crippen LogP contribution in [0.4, 0.5) is 0 Å². The number of rotatable bonds is 1. The van der Waals surface area contributed by atoms with Crippen molar-refractivity contribution in [1.29, 1.82) is 0 Å². The van der Waals surface area contributed by atoms with Crippen molar-refractivity contribution in [1.82, 2.24) is 5.32 Å². The van der Waals surface area contributed by atoms with E-state index in [-0.39, 0.29) is 0 Å². The highest BCUT2D eigenvalue weighted by molar-refractivity contribution is 5.88. The number of aliphatic carboxylic acids is 1. The zero-order valence-corrected chi connectivity index (χ0v) is 5.95. The third-order valence-corrected chi connectivity index (χ3v) is 1.71. The van der Waals surface area contributed by atoms with Crippen LogP contribution in [0.1, 0.15) is 12.8 Å². The predicted molar refractivity (Wildman–Crippen MR) is 37.9 cm³/mol. The van der Waals surface area contributed by atoms with E-state index in [1.165, 1.54) is 0 Å². The van der Waals surface area contributed by atoms with Gasteiger partial charge in [-0.05, 0) is 12.8 Å². The Morgan fingerprint density at radius 1 is 1.73 bits per heavy atom. The van der Waals surface area contributed by atoms with E-state index in [0.717, 1.165) is 0 Å². The SMILES string of the molecule is O=C(O)[C@@H]1CC/C(=N/O)CN1. The Bertz CT molecular complexity index is 180. The van der Waals surface area contributed by atoms with Gasteiger partial charge < -0.3 is 10.3 Å². The lowest BCUT2D eigenvalue weighted by Gasteiger charge is -2.19. The molecule has 1 aliphatic heterocycles. The van der Waals surface area contributed by atoms with Gasteiger partial charge in [-0.1, -0.05) is 5.16 Å². The van der Waals surface area contributed by atoms with Crippen LogP contribution in [0.25, 0.3) is 0 Å². The Morgan fingerprint density at radius 2 is 2.45 bits per heavy atom. The van der Waals surface area contributed by atoms with Gasteiger partial charge in [0.1, 0.15) is 6.04 Å². The summed E-state index contributed by atoms with van der Waals surface area (Å²) in [6, 6.07) is -0.486. The first-order chi connectivity index (χ1) is 5.24. The Kier molecular flexibility index (Phi) is 2.43. The van der Waals surface area contributed by atoms with Gasteiger partial charge in [-0.3, -0.25) is 10.1 Å². The lowest BCUT2D eigenvalue weighted by Crippen LogP contribution is -2.44. The maximum absolute atomic E-state index is 10.4.